The van der Waals surface area contributed by atoms with E-state index >= 15 is 0 Å². The second-order valence-corrected chi connectivity index (χ2v) is 8.89. The second-order valence-electron chi connectivity index (χ2n) is 8.89. The summed E-state index contributed by atoms with van der Waals surface area (Å²) in [4.78, 5) is 17.7. The largest absolute Gasteiger partial charge is 0.299 e. The average molecular weight is 331 g/mol. The Kier molecular flexibility index (Phi) is 2.97. The molecule has 0 amide bonds. The Morgan fingerprint density at radius 1 is 1.00 bits per heavy atom. The highest BCUT2D eigenvalue weighted by molar-refractivity contribution is 5.94. The maximum Gasteiger partial charge on any atom is 0.161 e. The zero-order chi connectivity index (χ0) is 17.2. The number of rotatable bonds is 3. The Balaban J connectivity index is 1.51. The lowest BCUT2D eigenvalue weighted by atomic mass is 9.48. The van der Waals surface area contributed by atoms with Crippen molar-refractivity contribution in [2.75, 3.05) is 0 Å². The van der Waals surface area contributed by atoms with E-state index in [1.165, 1.54) is 19.3 Å². The van der Waals surface area contributed by atoms with Crippen LogP contribution in [0.4, 0.5) is 0 Å². The van der Waals surface area contributed by atoms with E-state index in [9.17, 15) is 15.3 Å². The van der Waals surface area contributed by atoms with Crippen molar-refractivity contribution in [2.24, 2.45) is 34.5 Å². The molecule has 0 radical (unpaired) electrons. The first-order valence-electron chi connectivity index (χ1n) is 9.38. The summed E-state index contributed by atoms with van der Waals surface area (Å²) in [6.45, 7) is 0. The summed E-state index contributed by atoms with van der Waals surface area (Å²) in [5, 5.41) is 19.5. The van der Waals surface area contributed by atoms with E-state index in [0.717, 1.165) is 24.8 Å². The van der Waals surface area contributed by atoms with E-state index in [0.29, 0.717) is 17.8 Å². The number of nitriles is 2. The summed E-state index contributed by atoms with van der Waals surface area (Å²) < 4.78 is 0. The smallest absolute Gasteiger partial charge is 0.161 e. The van der Waals surface area contributed by atoms with Gasteiger partial charge in [-0.15, -0.1) is 0 Å². The standard InChI is InChI=1S/C21H21N3O/c22-11-21(12-23)17(16-1-3-24-4-2-16)18(21)19(25)20-8-13-5-14(9-20)7-15(6-13)10-20/h1-4,13-15,17-18H,5-10H2. The van der Waals surface area contributed by atoms with Gasteiger partial charge in [0.25, 0.3) is 0 Å². The van der Waals surface area contributed by atoms with Crippen LogP contribution in [-0.2, 0) is 4.79 Å². The van der Waals surface area contributed by atoms with Crippen LogP contribution in [0.2, 0.25) is 0 Å². The van der Waals surface area contributed by atoms with E-state index in [1.807, 2.05) is 12.1 Å². The first kappa shape index (κ1) is 15.1. The molecule has 1 aromatic heterocycles. The monoisotopic (exact) mass is 331 g/mol. The van der Waals surface area contributed by atoms with Gasteiger partial charge in [0.1, 0.15) is 5.78 Å². The fraction of sp³-hybridized carbons (Fsp3) is 0.619. The number of nitrogens with zero attached hydrogens (tertiary/aromatic N) is 3. The lowest BCUT2D eigenvalue weighted by Gasteiger charge is -2.56. The zero-order valence-corrected chi connectivity index (χ0v) is 14.2. The molecule has 4 nitrogen and oxygen atoms in total. The molecule has 4 bridgehead atoms. The molecule has 0 spiro atoms. The minimum absolute atomic E-state index is 0.219. The summed E-state index contributed by atoms with van der Waals surface area (Å²) in [5.41, 5.74) is -0.525. The number of aromatic nitrogens is 1. The molecule has 5 saturated carbocycles. The topological polar surface area (TPSA) is 77.5 Å². The third kappa shape index (κ3) is 1.92. The number of Topliss-reactive ketones (excluding diaryl/α,β-unsaturated/α-hetero) is 1. The Hall–Kier alpha value is -2.20. The quantitative estimate of drug-likeness (QED) is 0.847. The predicted octanol–water partition coefficient (Wildman–Crippen LogP) is 3.61. The molecule has 25 heavy (non-hydrogen) atoms. The van der Waals surface area contributed by atoms with Gasteiger partial charge in [-0.1, -0.05) is 0 Å². The van der Waals surface area contributed by atoms with Crippen LogP contribution in [0.5, 0.6) is 0 Å². The molecule has 5 aliphatic carbocycles. The van der Waals surface area contributed by atoms with Gasteiger partial charge >= 0.3 is 0 Å². The molecule has 0 N–H and O–H groups in total. The number of hydrogen-bond acceptors (Lipinski definition) is 4. The van der Waals surface area contributed by atoms with Crippen molar-refractivity contribution in [3.8, 4) is 12.1 Å². The first-order chi connectivity index (χ1) is 12.1. The molecule has 1 aromatic rings. The van der Waals surface area contributed by atoms with Gasteiger partial charge in [0.15, 0.2) is 5.41 Å². The third-order valence-electron chi connectivity index (χ3n) is 7.48. The summed E-state index contributed by atoms with van der Waals surface area (Å²) in [6, 6.07) is 8.12. The van der Waals surface area contributed by atoms with E-state index in [2.05, 4.69) is 17.1 Å². The van der Waals surface area contributed by atoms with Crippen LogP contribution < -0.4 is 0 Å². The number of hydrogen-bond donors (Lipinski definition) is 0. The minimum atomic E-state index is -1.18. The van der Waals surface area contributed by atoms with Crippen molar-refractivity contribution in [1.82, 2.24) is 4.98 Å². The van der Waals surface area contributed by atoms with Crippen molar-refractivity contribution in [3.63, 3.8) is 0 Å². The van der Waals surface area contributed by atoms with Crippen LogP contribution in [0.1, 0.15) is 50.0 Å². The molecule has 6 rings (SSSR count). The average Bonchev–Trinajstić information content (AvgIpc) is 3.30. The molecular formula is C21H21N3O. The molecule has 4 heteroatoms. The van der Waals surface area contributed by atoms with Gasteiger partial charge in [-0.2, -0.15) is 10.5 Å². The number of carbonyl (C=O) groups excluding carboxylic acids is 1. The van der Waals surface area contributed by atoms with Crippen LogP contribution in [0.25, 0.3) is 0 Å². The molecule has 5 aliphatic rings. The Bertz CT molecular complexity index is 766. The van der Waals surface area contributed by atoms with Crippen molar-refractivity contribution < 1.29 is 4.79 Å². The van der Waals surface area contributed by atoms with Gasteiger partial charge in [-0.25, -0.2) is 0 Å². The van der Waals surface area contributed by atoms with E-state index in [-0.39, 0.29) is 17.1 Å². The molecule has 0 saturated heterocycles. The van der Waals surface area contributed by atoms with Gasteiger partial charge in [-0.05, 0) is 74.0 Å². The Labute approximate surface area is 147 Å². The highest BCUT2D eigenvalue weighted by Gasteiger charge is 2.73. The number of ketones is 1. The van der Waals surface area contributed by atoms with Gasteiger partial charge in [0.05, 0.1) is 18.1 Å². The normalized spacial score (nSPS) is 42.4. The summed E-state index contributed by atoms with van der Waals surface area (Å²) >= 11 is 0. The second kappa shape index (κ2) is 4.92. The van der Waals surface area contributed by atoms with Crippen LogP contribution in [0.15, 0.2) is 24.5 Å². The number of carbonyl (C=O) groups is 1. The SMILES string of the molecule is N#CC1(C#N)C(C(=O)C23CC4CC(CC(C4)C2)C3)C1c1ccncc1. The minimum Gasteiger partial charge on any atom is -0.299 e. The first-order valence-corrected chi connectivity index (χ1v) is 9.38. The Morgan fingerprint density at radius 2 is 1.52 bits per heavy atom. The third-order valence-corrected chi connectivity index (χ3v) is 7.48. The fourth-order valence-corrected chi connectivity index (χ4v) is 6.82. The fourth-order valence-electron chi connectivity index (χ4n) is 6.82. The molecule has 126 valence electrons. The van der Waals surface area contributed by atoms with Crippen molar-refractivity contribution in [1.29, 1.82) is 10.5 Å². The lowest BCUT2D eigenvalue weighted by molar-refractivity contribution is -0.145. The summed E-state index contributed by atoms with van der Waals surface area (Å²) in [6.07, 6.45) is 10.2. The zero-order valence-electron chi connectivity index (χ0n) is 14.2. The van der Waals surface area contributed by atoms with Gasteiger partial charge in [0, 0.05) is 23.7 Å². The maximum atomic E-state index is 13.7. The van der Waals surface area contributed by atoms with Crippen LogP contribution in [0, 0.1) is 57.2 Å². The van der Waals surface area contributed by atoms with Crippen molar-refractivity contribution in [2.45, 2.75) is 44.4 Å². The molecule has 5 fully saturated rings. The van der Waals surface area contributed by atoms with Crippen LogP contribution in [-0.4, -0.2) is 10.8 Å². The van der Waals surface area contributed by atoms with E-state index < -0.39 is 11.3 Å². The number of pyridine rings is 1. The highest BCUT2D eigenvalue weighted by Crippen LogP contribution is 2.70. The molecule has 2 atom stereocenters. The lowest BCUT2D eigenvalue weighted by Crippen LogP contribution is -2.50. The summed E-state index contributed by atoms with van der Waals surface area (Å²) in [5.74, 6) is 1.54. The maximum absolute atomic E-state index is 13.7. The van der Waals surface area contributed by atoms with Gasteiger partial charge in [0.2, 0.25) is 0 Å². The van der Waals surface area contributed by atoms with E-state index in [1.54, 1.807) is 12.4 Å². The van der Waals surface area contributed by atoms with Crippen LogP contribution in [0.3, 0.4) is 0 Å². The van der Waals surface area contributed by atoms with Gasteiger partial charge in [-0.3, -0.25) is 9.78 Å². The molecule has 2 unspecified atom stereocenters. The summed E-state index contributed by atoms with van der Waals surface area (Å²) in [7, 11) is 0. The molecule has 1 heterocycles. The predicted molar refractivity (Wildman–Crippen MR) is 89.7 cm³/mol. The van der Waals surface area contributed by atoms with Crippen molar-refractivity contribution >= 4 is 5.78 Å². The van der Waals surface area contributed by atoms with Gasteiger partial charge < -0.3 is 0 Å². The molecular weight excluding hydrogens is 310 g/mol. The van der Waals surface area contributed by atoms with Crippen molar-refractivity contribution in [3.05, 3.63) is 30.1 Å². The van der Waals surface area contributed by atoms with Crippen LogP contribution >= 0.6 is 0 Å². The molecule has 0 aliphatic heterocycles. The van der Waals surface area contributed by atoms with E-state index in [4.69, 9.17) is 0 Å². The highest BCUT2D eigenvalue weighted by atomic mass is 16.1. The molecule has 0 aromatic carbocycles. The Morgan fingerprint density at radius 3 is 2.00 bits per heavy atom.